The van der Waals surface area contributed by atoms with Crippen LogP contribution in [0.3, 0.4) is 0 Å². The van der Waals surface area contributed by atoms with E-state index in [1.165, 1.54) is 5.38 Å². The van der Waals surface area contributed by atoms with Crippen LogP contribution < -0.4 is 0 Å². The zero-order chi connectivity index (χ0) is 6.85. The van der Waals surface area contributed by atoms with Gasteiger partial charge >= 0.3 is 0 Å². The monoisotopic (exact) mass is 141 g/mol. The first kappa shape index (κ1) is 5.92. The van der Waals surface area contributed by atoms with Gasteiger partial charge in [-0.15, -0.1) is 11.3 Å². The van der Waals surface area contributed by atoms with Crippen molar-refractivity contribution in [3.8, 4) is 16.9 Å². The van der Waals surface area contributed by atoms with Crippen molar-refractivity contribution in [2.24, 2.45) is 0 Å². The van der Waals surface area contributed by atoms with Gasteiger partial charge in [-0.25, -0.2) is 0 Å². The summed E-state index contributed by atoms with van der Waals surface area (Å²) in [6, 6.07) is 1.65. The van der Waals surface area contributed by atoms with Crippen LogP contribution in [-0.4, -0.2) is 10.2 Å². The van der Waals surface area contributed by atoms with Gasteiger partial charge in [0.05, 0.1) is 0 Å². The smallest absolute Gasteiger partial charge is 0.193 e. The average Bonchev–Trinajstić information content (AvgIpc) is 2.12. The summed E-state index contributed by atoms with van der Waals surface area (Å²) in [6.07, 6.45) is 0. The van der Waals surface area contributed by atoms with Crippen LogP contribution in [0.2, 0.25) is 0 Å². The first-order valence-corrected chi connectivity index (χ1v) is 3.03. The Hall–Kier alpha value is -1.21. The Morgan fingerprint density at radius 3 is 2.44 bits per heavy atom. The molecule has 0 aliphatic carbocycles. The number of nitrogens with zero attached hydrogens (tertiary/aromatic N) is 1. The first-order chi connectivity index (χ1) is 4.25. The largest absolute Gasteiger partial charge is 0.506 e. The average molecular weight is 141 g/mol. The predicted molar refractivity (Wildman–Crippen MR) is 32.4 cm³/mol. The third kappa shape index (κ3) is 0.819. The minimum absolute atomic E-state index is 0.0417. The molecule has 0 unspecified atom stereocenters. The van der Waals surface area contributed by atoms with Gasteiger partial charge in [-0.05, 0) is 0 Å². The zero-order valence-corrected chi connectivity index (χ0v) is 5.14. The van der Waals surface area contributed by atoms with Gasteiger partial charge in [0.1, 0.15) is 17.4 Å². The minimum Gasteiger partial charge on any atom is -0.506 e. The molecule has 0 bridgehead atoms. The third-order valence-corrected chi connectivity index (χ3v) is 1.63. The topological polar surface area (TPSA) is 64.2 Å². The standard InChI is InChI=1S/C5H3NO2S/c6-1-3-4(7)2-9-5(3)8/h2,7-8H. The number of rotatable bonds is 0. The Labute approximate surface area is 55.4 Å². The molecule has 0 saturated heterocycles. The molecule has 1 aromatic rings. The van der Waals surface area contributed by atoms with E-state index in [1.54, 1.807) is 6.07 Å². The zero-order valence-electron chi connectivity index (χ0n) is 4.33. The van der Waals surface area contributed by atoms with Crippen molar-refractivity contribution < 1.29 is 10.2 Å². The van der Waals surface area contributed by atoms with Crippen molar-refractivity contribution in [1.82, 2.24) is 0 Å². The highest BCUT2D eigenvalue weighted by atomic mass is 32.1. The number of hydrogen-bond acceptors (Lipinski definition) is 4. The van der Waals surface area contributed by atoms with Crippen molar-refractivity contribution in [3.63, 3.8) is 0 Å². The number of aromatic hydroxyl groups is 2. The van der Waals surface area contributed by atoms with Crippen LogP contribution in [-0.2, 0) is 0 Å². The second-order valence-corrected chi connectivity index (χ2v) is 2.27. The lowest BCUT2D eigenvalue weighted by molar-refractivity contribution is 0.461. The Kier molecular flexibility index (Phi) is 1.29. The second kappa shape index (κ2) is 1.96. The van der Waals surface area contributed by atoms with Crippen LogP contribution >= 0.6 is 11.3 Å². The first-order valence-electron chi connectivity index (χ1n) is 2.15. The molecule has 0 atom stereocenters. The maximum Gasteiger partial charge on any atom is 0.193 e. The molecule has 0 spiro atoms. The van der Waals surface area contributed by atoms with Gasteiger partial charge in [-0.3, -0.25) is 0 Å². The summed E-state index contributed by atoms with van der Waals surface area (Å²) in [4.78, 5) is 0. The van der Waals surface area contributed by atoms with E-state index >= 15 is 0 Å². The summed E-state index contributed by atoms with van der Waals surface area (Å²) < 4.78 is 0. The summed E-state index contributed by atoms with van der Waals surface area (Å²) in [5.74, 6) is -0.153. The van der Waals surface area contributed by atoms with Gasteiger partial charge in [0, 0.05) is 5.38 Å². The normalized spacial score (nSPS) is 8.78. The minimum atomic E-state index is -0.153. The SMILES string of the molecule is N#Cc1c(O)csc1O. The van der Waals surface area contributed by atoms with Gasteiger partial charge in [0.15, 0.2) is 5.06 Å². The third-order valence-electron chi connectivity index (χ3n) is 0.864. The number of thiophene rings is 1. The fourth-order valence-corrected chi connectivity index (χ4v) is 1.05. The molecule has 0 radical (unpaired) electrons. The predicted octanol–water partition coefficient (Wildman–Crippen LogP) is 1.03. The molecule has 0 saturated carbocycles. The van der Waals surface area contributed by atoms with Crippen LogP contribution in [0.5, 0.6) is 10.8 Å². The van der Waals surface area contributed by atoms with Crippen LogP contribution in [0.1, 0.15) is 5.56 Å². The van der Waals surface area contributed by atoms with Gasteiger partial charge in [0.2, 0.25) is 0 Å². The fourth-order valence-electron chi connectivity index (χ4n) is 0.444. The van der Waals surface area contributed by atoms with E-state index in [0.29, 0.717) is 0 Å². The molecule has 4 heteroatoms. The molecule has 0 aromatic carbocycles. The van der Waals surface area contributed by atoms with Gasteiger partial charge < -0.3 is 10.2 Å². The lowest BCUT2D eigenvalue weighted by atomic mass is 10.3. The van der Waals surface area contributed by atoms with Gasteiger partial charge in [0.25, 0.3) is 0 Å². The van der Waals surface area contributed by atoms with Gasteiger partial charge in [-0.2, -0.15) is 5.26 Å². The molecule has 0 aliphatic rings. The lowest BCUT2D eigenvalue weighted by Gasteiger charge is -1.81. The molecule has 1 aromatic heterocycles. The Balaban J connectivity index is 3.27. The highest BCUT2D eigenvalue weighted by Gasteiger charge is 2.07. The Morgan fingerprint density at radius 1 is 1.56 bits per heavy atom. The van der Waals surface area contributed by atoms with Crippen molar-refractivity contribution in [3.05, 3.63) is 10.9 Å². The lowest BCUT2D eigenvalue weighted by Crippen LogP contribution is -1.65. The van der Waals surface area contributed by atoms with E-state index in [1.807, 2.05) is 0 Å². The molecule has 46 valence electrons. The molecule has 1 heterocycles. The summed E-state index contributed by atoms with van der Waals surface area (Å²) in [7, 11) is 0. The van der Waals surface area contributed by atoms with E-state index < -0.39 is 0 Å². The molecular formula is C5H3NO2S. The molecule has 9 heavy (non-hydrogen) atoms. The summed E-state index contributed by atoms with van der Waals surface area (Å²) in [5, 5.41) is 26.9. The summed E-state index contributed by atoms with van der Waals surface area (Å²) in [6.45, 7) is 0. The van der Waals surface area contributed by atoms with Crippen LogP contribution in [0.15, 0.2) is 5.38 Å². The maximum absolute atomic E-state index is 8.77. The van der Waals surface area contributed by atoms with Crippen LogP contribution in [0.4, 0.5) is 0 Å². The summed E-state index contributed by atoms with van der Waals surface area (Å²) in [5.41, 5.74) is -0.0417. The maximum atomic E-state index is 8.77. The molecule has 0 fully saturated rings. The quantitative estimate of drug-likeness (QED) is 0.567. The number of nitriles is 1. The number of hydrogen-bond donors (Lipinski definition) is 2. The van der Waals surface area contributed by atoms with Crippen molar-refractivity contribution in [2.45, 2.75) is 0 Å². The van der Waals surface area contributed by atoms with E-state index in [9.17, 15) is 0 Å². The Bertz CT molecular complexity index is 241. The molecule has 2 N–H and O–H groups in total. The molecular weight excluding hydrogens is 138 g/mol. The van der Waals surface area contributed by atoms with E-state index in [0.717, 1.165) is 11.3 Å². The van der Waals surface area contributed by atoms with Crippen LogP contribution in [0, 0.1) is 11.3 Å². The van der Waals surface area contributed by atoms with Gasteiger partial charge in [-0.1, -0.05) is 0 Å². The van der Waals surface area contributed by atoms with Crippen LogP contribution in [0.25, 0.3) is 0 Å². The fraction of sp³-hybridized carbons (Fsp3) is 0. The van der Waals surface area contributed by atoms with E-state index in [4.69, 9.17) is 15.5 Å². The van der Waals surface area contributed by atoms with Crippen molar-refractivity contribution in [1.29, 1.82) is 5.26 Å². The van der Waals surface area contributed by atoms with Crippen molar-refractivity contribution >= 4 is 11.3 Å². The molecule has 3 nitrogen and oxygen atoms in total. The molecule has 0 aliphatic heterocycles. The van der Waals surface area contributed by atoms with Crippen molar-refractivity contribution in [2.75, 3.05) is 0 Å². The van der Waals surface area contributed by atoms with E-state index in [-0.39, 0.29) is 16.4 Å². The summed E-state index contributed by atoms with van der Waals surface area (Å²) >= 11 is 0.939. The van der Waals surface area contributed by atoms with E-state index in [2.05, 4.69) is 0 Å². The highest BCUT2D eigenvalue weighted by molar-refractivity contribution is 7.12. The molecule has 1 rings (SSSR count). The second-order valence-electron chi connectivity index (χ2n) is 1.41. The highest BCUT2D eigenvalue weighted by Crippen LogP contribution is 2.32. The Morgan fingerprint density at radius 2 is 2.22 bits per heavy atom. The molecule has 0 amide bonds.